The van der Waals surface area contributed by atoms with Gasteiger partial charge >= 0.3 is 0 Å². The summed E-state index contributed by atoms with van der Waals surface area (Å²) in [6.07, 6.45) is 3.80. The number of anilines is 1. The maximum Gasteiger partial charge on any atom is 0.137 e. The minimum atomic E-state index is 0.329. The molecule has 0 bridgehead atoms. The third-order valence-corrected chi connectivity index (χ3v) is 3.93. The van der Waals surface area contributed by atoms with Crippen molar-refractivity contribution in [3.8, 4) is 11.8 Å². The number of hydrogen-bond donors (Lipinski definition) is 1. The first-order valence-corrected chi connectivity index (χ1v) is 9.50. The first-order chi connectivity index (χ1) is 14.2. The third-order valence-electron chi connectivity index (χ3n) is 3.93. The van der Waals surface area contributed by atoms with Crippen LogP contribution < -0.4 is 5.73 Å². The molecule has 0 spiro atoms. The van der Waals surface area contributed by atoms with Crippen molar-refractivity contribution in [1.29, 1.82) is 0 Å². The Labute approximate surface area is 172 Å². The summed E-state index contributed by atoms with van der Waals surface area (Å²) < 4.78 is 23.5. The molecule has 7 nitrogen and oxygen atoms in total. The van der Waals surface area contributed by atoms with E-state index in [4.69, 9.17) is 24.7 Å². The lowest BCUT2D eigenvalue weighted by atomic mass is 10.2. The van der Waals surface area contributed by atoms with Crippen LogP contribution in [0.3, 0.4) is 0 Å². The summed E-state index contributed by atoms with van der Waals surface area (Å²) in [5, 5.41) is 0. The topological polar surface area (TPSA) is 80.8 Å². The molecule has 1 heterocycles. The van der Waals surface area contributed by atoms with Gasteiger partial charge in [-0.2, -0.15) is 0 Å². The number of hydrogen-bond acceptors (Lipinski definition) is 6. The van der Waals surface area contributed by atoms with E-state index >= 15 is 0 Å². The normalized spacial score (nSPS) is 11.2. The summed E-state index contributed by atoms with van der Waals surface area (Å²) in [7, 11) is 3.28. The van der Waals surface area contributed by atoms with E-state index in [0.29, 0.717) is 50.2 Å². The highest BCUT2D eigenvalue weighted by Gasteiger charge is 2.07. The summed E-state index contributed by atoms with van der Waals surface area (Å²) in [6.45, 7) is 5.09. The standard InChI is InChI=1S/C22H29N3O4/c1-4-25-16-20(10-7-18-5-8-19(23)9-6-18)24-22(25)15-21(29-14-12-27-3)17-28-13-11-26-2/h5-6,8-9,15-16H,4,11-14,17,23H2,1-3H3/b21-15+. The van der Waals surface area contributed by atoms with Gasteiger partial charge in [-0.1, -0.05) is 5.92 Å². The van der Waals surface area contributed by atoms with E-state index in [2.05, 4.69) is 23.7 Å². The SMILES string of the molecule is CCn1cc(C#Cc2ccc(N)cc2)nc1/C=C(\COCCOC)OCCOC. The van der Waals surface area contributed by atoms with Crippen molar-refractivity contribution >= 4 is 11.8 Å². The van der Waals surface area contributed by atoms with Crippen LogP contribution in [-0.2, 0) is 25.5 Å². The number of nitrogens with zero attached hydrogens (tertiary/aromatic N) is 2. The van der Waals surface area contributed by atoms with Gasteiger partial charge in [0.2, 0.25) is 0 Å². The van der Waals surface area contributed by atoms with E-state index in [0.717, 1.165) is 17.9 Å². The van der Waals surface area contributed by atoms with Crippen LogP contribution in [0.5, 0.6) is 0 Å². The van der Waals surface area contributed by atoms with Crippen LogP contribution in [0, 0.1) is 11.8 Å². The molecule has 0 aliphatic carbocycles. The number of aryl methyl sites for hydroxylation is 1. The van der Waals surface area contributed by atoms with Gasteiger partial charge < -0.3 is 29.2 Å². The Bertz CT molecular complexity index is 832. The number of methoxy groups -OCH3 is 2. The predicted molar refractivity (Wildman–Crippen MR) is 113 cm³/mol. The number of ether oxygens (including phenoxy) is 4. The van der Waals surface area contributed by atoms with Crippen LogP contribution in [0.1, 0.15) is 24.0 Å². The highest BCUT2D eigenvalue weighted by Crippen LogP contribution is 2.11. The van der Waals surface area contributed by atoms with Gasteiger partial charge in [-0.3, -0.25) is 0 Å². The number of nitrogen functional groups attached to an aromatic ring is 1. The van der Waals surface area contributed by atoms with Crippen molar-refractivity contribution in [2.75, 3.05) is 53.0 Å². The fourth-order valence-electron chi connectivity index (χ4n) is 2.40. The first-order valence-electron chi connectivity index (χ1n) is 9.50. The van der Waals surface area contributed by atoms with Crippen molar-refractivity contribution in [2.24, 2.45) is 0 Å². The summed E-state index contributed by atoms with van der Waals surface area (Å²) in [6, 6.07) is 7.43. The molecular formula is C22H29N3O4. The lowest BCUT2D eigenvalue weighted by Crippen LogP contribution is -2.10. The van der Waals surface area contributed by atoms with Crippen molar-refractivity contribution < 1.29 is 18.9 Å². The maximum absolute atomic E-state index is 5.79. The van der Waals surface area contributed by atoms with Crippen molar-refractivity contribution in [1.82, 2.24) is 9.55 Å². The quantitative estimate of drug-likeness (QED) is 0.271. The van der Waals surface area contributed by atoms with Crippen LogP contribution in [0.2, 0.25) is 0 Å². The average molecular weight is 399 g/mol. The molecule has 0 atom stereocenters. The van der Waals surface area contributed by atoms with E-state index in [9.17, 15) is 0 Å². The minimum absolute atomic E-state index is 0.329. The zero-order valence-electron chi connectivity index (χ0n) is 17.3. The number of nitrogens with two attached hydrogens (primary N) is 1. The predicted octanol–water partition coefficient (Wildman–Crippen LogP) is 2.55. The molecule has 0 fully saturated rings. The van der Waals surface area contributed by atoms with Crippen LogP contribution in [0.4, 0.5) is 5.69 Å². The van der Waals surface area contributed by atoms with Gasteiger partial charge in [0.25, 0.3) is 0 Å². The van der Waals surface area contributed by atoms with Gasteiger partial charge in [0, 0.05) is 44.3 Å². The molecule has 29 heavy (non-hydrogen) atoms. The smallest absolute Gasteiger partial charge is 0.137 e. The second kappa shape index (κ2) is 12.6. The van der Waals surface area contributed by atoms with Crippen LogP contribution in [0.15, 0.2) is 36.2 Å². The van der Waals surface area contributed by atoms with E-state index in [-0.39, 0.29) is 0 Å². The largest absolute Gasteiger partial charge is 0.493 e. The molecule has 0 saturated carbocycles. The molecular weight excluding hydrogens is 370 g/mol. The summed E-state index contributed by atoms with van der Waals surface area (Å²) in [4.78, 5) is 4.62. The number of aromatic nitrogens is 2. The molecule has 2 N–H and O–H groups in total. The fourth-order valence-corrected chi connectivity index (χ4v) is 2.40. The molecule has 7 heteroatoms. The Hall–Kier alpha value is -2.79. The van der Waals surface area contributed by atoms with Crippen molar-refractivity contribution in [3.05, 3.63) is 53.3 Å². The second-order valence-electron chi connectivity index (χ2n) is 6.14. The Morgan fingerprint density at radius 2 is 1.79 bits per heavy atom. The van der Waals surface area contributed by atoms with Gasteiger partial charge in [-0.15, -0.1) is 0 Å². The van der Waals surface area contributed by atoms with E-state index < -0.39 is 0 Å². The Balaban J connectivity index is 2.17. The molecule has 156 valence electrons. The van der Waals surface area contributed by atoms with Gasteiger partial charge in [-0.05, 0) is 37.1 Å². The Morgan fingerprint density at radius 3 is 2.48 bits per heavy atom. The summed E-state index contributed by atoms with van der Waals surface area (Å²) in [5.74, 6) is 7.65. The molecule has 0 radical (unpaired) electrons. The van der Waals surface area contributed by atoms with Gasteiger partial charge in [0.1, 0.15) is 30.5 Å². The maximum atomic E-state index is 5.79. The third kappa shape index (κ3) is 8.00. The highest BCUT2D eigenvalue weighted by atomic mass is 16.6. The van der Waals surface area contributed by atoms with E-state index in [1.165, 1.54) is 0 Å². The monoisotopic (exact) mass is 399 g/mol. The summed E-state index contributed by atoms with van der Waals surface area (Å²) >= 11 is 0. The van der Waals surface area contributed by atoms with Crippen molar-refractivity contribution in [3.63, 3.8) is 0 Å². The van der Waals surface area contributed by atoms with Gasteiger partial charge in [0.15, 0.2) is 0 Å². The fraction of sp³-hybridized carbons (Fsp3) is 0.409. The molecule has 2 aromatic rings. The van der Waals surface area contributed by atoms with Crippen LogP contribution in [-0.4, -0.2) is 56.8 Å². The molecule has 0 saturated heterocycles. The number of imidazole rings is 1. The molecule has 0 unspecified atom stereocenters. The van der Waals surface area contributed by atoms with E-state index in [1.54, 1.807) is 14.2 Å². The van der Waals surface area contributed by atoms with Gasteiger partial charge in [-0.25, -0.2) is 4.98 Å². The Morgan fingerprint density at radius 1 is 1.07 bits per heavy atom. The minimum Gasteiger partial charge on any atom is -0.493 e. The zero-order chi connectivity index (χ0) is 20.9. The molecule has 0 aliphatic heterocycles. The highest BCUT2D eigenvalue weighted by molar-refractivity contribution is 5.49. The van der Waals surface area contributed by atoms with Crippen LogP contribution >= 0.6 is 0 Å². The lowest BCUT2D eigenvalue weighted by molar-refractivity contribution is 0.0473. The molecule has 1 aromatic heterocycles. The number of benzene rings is 1. The number of rotatable bonds is 11. The molecule has 1 aromatic carbocycles. The van der Waals surface area contributed by atoms with Crippen molar-refractivity contribution in [2.45, 2.75) is 13.5 Å². The zero-order valence-corrected chi connectivity index (χ0v) is 17.3. The molecule has 0 amide bonds. The first kappa shape index (κ1) is 22.5. The molecule has 2 rings (SSSR count). The lowest BCUT2D eigenvalue weighted by Gasteiger charge is -2.11. The Kier molecular flexibility index (Phi) is 9.80. The van der Waals surface area contributed by atoms with Crippen LogP contribution in [0.25, 0.3) is 6.08 Å². The summed E-state index contributed by atoms with van der Waals surface area (Å²) in [5.41, 5.74) is 8.00. The average Bonchev–Trinajstić information content (AvgIpc) is 3.12. The molecule has 0 aliphatic rings. The van der Waals surface area contributed by atoms with E-state index in [1.807, 2.05) is 41.1 Å². The van der Waals surface area contributed by atoms with Gasteiger partial charge in [0.05, 0.1) is 19.8 Å². The second-order valence-corrected chi connectivity index (χ2v) is 6.14.